The van der Waals surface area contributed by atoms with Gasteiger partial charge >= 0.3 is 12.1 Å². The van der Waals surface area contributed by atoms with E-state index in [1.165, 1.54) is 35.2 Å². The molecule has 2 aromatic rings. The van der Waals surface area contributed by atoms with Crippen molar-refractivity contribution in [3.05, 3.63) is 59.2 Å². The van der Waals surface area contributed by atoms with Gasteiger partial charge in [0.15, 0.2) is 0 Å². The number of amides is 2. The average molecular weight is 566 g/mol. The van der Waals surface area contributed by atoms with Gasteiger partial charge in [-0.1, -0.05) is 19.1 Å². The fourth-order valence-corrected chi connectivity index (χ4v) is 4.43. The van der Waals surface area contributed by atoms with Crippen LogP contribution in [-0.4, -0.2) is 82.9 Å². The summed E-state index contributed by atoms with van der Waals surface area (Å²) in [4.78, 5) is 40.2. The van der Waals surface area contributed by atoms with Gasteiger partial charge in [0.1, 0.15) is 11.9 Å². The lowest BCUT2D eigenvalue weighted by atomic mass is 9.99. The Bertz CT molecular complexity index is 1200. The minimum atomic E-state index is -4.46. The van der Waals surface area contributed by atoms with Gasteiger partial charge in [-0.2, -0.15) is 13.2 Å². The first-order chi connectivity index (χ1) is 18.8. The van der Waals surface area contributed by atoms with E-state index in [2.05, 4.69) is 5.32 Å². The second-order valence-electron chi connectivity index (χ2n) is 10.2. The van der Waals surface area contributed by atoms with Crippen LogP contribution in [0.1, 0.15) is 53.0 Å². The number of carboxylic acid groups (broad SMARTS) is 1. The molecule has 1 aliphatic heterocycles. The van der Waals surface area contributed by atoms with Crippen molar-refractivity contribution in [2.45, 2.75) is 51.6 Å². The van der Waals surface area contributed by atoms with Crippen LogP contribution in [0.3, 0.4) is 0 Å². The van der Waals surface area contributed by atoms with E-state index >= 15 is 0 Å². The average Bonchev–Trinajstić information content (AvgIpc) is 2.89. The third-order valence-electron chi connectivity index (χ3n) is 6.73. The minimum absolute atomic E-state index is 0.123. The van der Waals surface area contributed by atoms with Crippen LogP contribution < -0.4 is 10.1 Å². The highest BCUT2D eigenvalue weighted by molar-refractivity contribution is 6.00. The molecule has 0 fully saturated rings. The number of ether oxygens (including phenoxy) is 1. The van der Waals surface area contributed by atoms with Gasteiger partial charge in [-0.3, -0.25) is 14.5 Å². The summed E-state index contributed by atoms with van der Waals surface area (Å²) in [5.41, 5.74) is 1.38. The van der Waals surface area contributed by atoms with Crippen LogP contribution in [0.4, 0.5) is 18.9 Å². The number of fused-ring (bicyclic) bond motifs is 1. The molecule has 9 nitrogen and oxygen atoms in total. The van der Waals surface area contributed by atoms with Gasteiger partial charge in [0, 0.05) is 37.7 Å². The number of aromatic carboxylic acids is 1. The van der Waals surface area contributed by atoms with Gasteiger partial charge in [-0.15, -0.1) is 0 Å². The summed E-state index contributed by atoms with van der Waals surface area (Å²) in [6.07, 6.45) is -6.86. The number of rotatable bonds is 10. The number of benzene rings is 2. The quantitative estimate of drug-likeness (QED) is 0.398. The Morgan fingerprint density at radius 2 is 1.88 bits per heavy atom. The summed E-state index contributed by atoms with van der Waals surface area (Å²) < 4.78 is 43.8. The number of aliphatic hydroxyl groups excluding tert-OH is 1. The number of carboxylic acids is 1. The zero-order valence-corrected chi connectivity index (χ0v) is 22.6. The standard InChI is InChI=1S/C28H34F3N3O6/c1-17-13-34(18(2)16-35)26(37)22-12-21(32-25(36)10-11-28(29,30)31)8-9-23(22)40-24(17)15-33(3)14-19-4-6-20(7-5-19)27(38)39/h4-9,12,17-18,24,35H,10-11,13-16H2,1-3H3,(H,32,36)(H,38,39)/t17-,18-,24+/m1/s1. The number of halogens is 3. The van der Waals surface area contributed by atoms with Gasteiger partial charge in [0.05, 0.1) is 30.2 Å². The van der Waals surface area contributed by atoms with Gasteiger partial charge < -0.3 is 25.2 Å². The first-order valence-corrected chi connectivity index (χ1v) is 12.9. The van der Waals surface area contributed by atoms with Crippen LogP contribution in [0.25, 0.3) is 0 Å². The predicted molar refractivity (Wildman–Crippen MR) is 141 cm³/mol. The van der Waals surface area contributed by atoms with Crippen LogP contribution in [-0.2, 0) is 11.3 Å². The normalized spacial score (nSPS) is 18.4. The monoisotopic (exact) mass is 565 g/mol. The third kappa shape index (κ3) is 8.43. The minimum Gasteiger partial charge on any atom is -0.488 e. The largest absolute Gasteiger partial charge is 0.488 e. The van der Waals surface area contributed by atoms with Gasteiger partial charge in [-0.05, 0) is 49.9 Å². The van der Waals surface area contributed by atoms with Crippen molar-refractivity contribution in [1.82, 2.24) is 9.80 Å². The fraction of sp³-hybridized carbons (Fsp3) is 0.464. The number of anilines is 1. The molecular formula is C28H34F3N3O6. The molecule has 0 aromatic heterocycles. The van der Waals surface area contributed by atoms with Crippen molar-refractivity contribution in [2.75, 3.05) is 32.1 Å². The van der Waals surface area contributed by atoms with Crippen LogP contribution >= 0.6 is 0 Å². The van der Waals surface area contributed by atoms with E-state index in [4.69, 9.17) is 9.84 Å². The lowest BCUT2D eigenvalue weighted by molar-refractivity contribution is -0.142. The zero-order valence-electron chi connectivity index (χ0n) is 22.6. The first-order valence-electron chi connectivity index (χ1n) is 12.9. The van der Waals surface area contributed by atoms with E-state index in [0.29, 0.717) is 13.1 Å². The highest BCUT2D eigenvalue weighted by Gasteiger charge is 2.34. The van der Waals surface area contributed by atoms with Crippen molar-refractivity contribution < 1.29 is 42.5 Å². The summed E-state index contributed by atoms with van der Waals surface area (Å²) in [5.74, 6) is -2.16. The number of carbonyl (C=O) groups excluding carboxylic acids is 2. The number of nitrogens with zero attached hydrogens (tertiary/aromatic N) is 2. The van der Waals surface area contributed by atoms with Gasteiger partial charge in [0.2, 0.25) is 5.91 Å². The molecule has 3 rings (SSSR count). The number of hydrogen-bond acceptors (Lipinski definition) is 6. The lowest BCUT2D eigenvalue weighted by Crippen LogP contribution is -2.49. The number of alkyl halides is 3. The topological polar surface area (TPSA) is 119 Å². The van der Waals surface area contributed by atoms with E-state index in [9.17, 15) is 32.7 Å². The molecule has 0 aliphatic carbocycles. The predicted octanol–water partition coefficient (Wildman–Crippen LogP) is 4.02. The molecule has 12 heteroatoms. The Kier molecular flexibility index (Phi) is 10.2. The van der Waals surface area contributed by atoms with Crippen molar-refractivity contribution in [1.29, 1.82) is 0 Å². The molecule has 3 atom stereocenters. The third-order valence-corrected chi connectivity index (χ3v) is 6.73. The van der Waals surface area contributed by atoms with E-state index < -0.39 is 48.9 Å². The number of carbonyl (C=O) groups is 3. The molecule has 0 radical (unpaired) electrons. The highest BCUT2D eigenvalue weighted by atomic mass is 19.4. The van der Waals surface area contributed by atoms with Gasteiger partial charge in [-0.25, -0.2) is 4.79 Å². The summed E-state index contributed by atoms with van der Waals surface area (Å²) in [6.45, 7) is 4.60. The second kappa shape index (κ2) is 13.1. The summed E-state index contributed by atoms with van der Waals surface area (Å²) >= 11 is 0. The van der Waals surface area contributed by atoms with E-state index in [0.717, 1.165) is 5.56 Å². The SMILES string of the molecule is C[C@@H]1CN([C@H](C)CO)C(=O)c2cc(NC(=O)CCC(F)(F)F)ccc2O[C@H]1CN(C)Cc1ccc(C(=O)O)cc1. The van der Waals surface area contributed by atoms with Crippen molar-refractivity contribution in [2.24, 2.45) is 5.92 Å². The highest BCUT2D eigenvalue weighted by Crippen LogP contribution is 2.31. The van der Waals surface area contributed by atoms with Gasteiger partial charge in [0.25, 0.3) is 5.91 Å². The van der Waals surface area contributed by atoms with Crippen molar-refractivity contribution >= 4 is 23.5 Å². The summed E-state index contributed by atoms with van der Waals surface area (Å²) in [6, 6.07) is 10.4. The molecule has 3 N–H and O–H groups in total. The van der Waals surface area contributed by atoms with Crippen molar-refractivity contribution in [3.8, 4) is 5.75 Å². The lowest BCUT2D eigenvalue weighted by Gasteiger charge is -2.38. The molecule has 0 unspecified atom stereocenters. The molecule has 2 aromatic carbocycles. The molecule has 40 heavy (non-hydrogen) atoms. The molecule has 2 amide bonds. The maximum absolute atomic E-state index is 13.5. The van der Waals surface area contributed by atoms with Crippen LogP contribution in [0, 0.1) is 5.92 Å². The molecule has 218 valence electrons. The number of likely N-dealkylation sites (N-methyl/N-ethyl adjacent to an activating group) is 1. The zero-order chi connectivity index (χ0) is 29.6. The molecular weight excluding hydrogens is 531 g/mol. The number of aliphatic hydroxyl groups is 1. The molecule has 1 aliphatic rings. The van der Waals surface area contributed by atoms with Crippen LogP contribution in [0.2, 0.25) is 0 Å². The van der Waals surface area contributed by atoms with Crippen molar-refractivity contribution in [3.63, 3.8) is 0 Å². The Hall–Kier alpha value is -3.64. The molecule has 1 heterocycles. The smallest absolute Gasteiger partial charge is 0.389 e. The van der Waals surface area contributed by atoms with Crippen LogP contribution in [0.5, 0.6) is 5.75 Å². The van der Waals surface area contributed by atoms with E-state index in [1.807, 2.05) is 18.9 Å². The molecule has 0 spiro atoms. The fourth-order valence-electron chi connectivity index (χ4n) is 4.43. The van der Waals surface area contributed by atoms with Crippen LogP contribution in [0.15, 0.2) is 42.5 Å². The Morgan fingerprint density at radius 3 is 2.48 bits per heavy atom. The molecule has 0 saturated carbocycles. The summed E-state index contributed by atoms with van der Waals surface area (Å²) in [5, 5.41) is 21.3. The molecule has 0 bridgehead atoms. The Labute approximate surface area is 230 Å². The second-order valence-corrected chi connectivity index (χ2v) is 10.2. The summed E-state index contributed by atoms with van der Waals surface area (Å²) in [7, 11) is 1.89. The Balaban J connectivity index is 1.82. The molecule has 0 saturated heterocycles. The Morgan fingerprint density at radius 1 is 1.20 bits per heavy atom. The maximum Gasteiger partial charge on any atom is 0.389 e. The maximum atomic E-state index is 13.5. The number of hydrogen-bond donors (Lipinski definition) is 3. The van der Waals surface area contributed by atoms with E-state index in [1.54, 1.807) is 19.1 Å². The number of nitrogens with one attached hydrogen (secondary N) is 1. The van der Waals surface area contributed by atoms with E-state index in [-0.39, 0.29) is 41.6 Å². The first kappa shape index (κ1) is 30.9.